The Morgan fingerprint density at radius 1 is 1.29 bits per heavy atom. The second-order valence-corrected chi connectivity index (χ2v) is 3.63. The molecule has 0 saturated carbocycles. The molecule has 1 atom stereocenters. The molecule has 2 rings (SSSR count). The summed E-state index contributed by atoms with van der Waals surface area (Å²) >= 11 is 0. The molecular formula is C11H15N3. The Morgan fingerprint density at radius 2 is 2.21 bits per heavy atom. The van der Waals surface area contributed by atoms with Crippen molar-refractivity contribution in [2.45, 2.75) is 31.7 Å². The SMILES string of the molecule is NC(C1=CCCCC1)c1cnccn1. The van der Waals surface area contributed by atoms with E-state index in [-0.39, 0.29) is 6.04 Å². The molecule has 0 fully saturated rings. The standard InChI is InChI=1S/C11H15N3/c12-11(9-4-2-1-3-5-9)10-8-13-6-7-14-10/h4,6-8,11H,1-3,5,12H2. The summed E-state index contributed by atoms with van der Waals surface area (Å²) in [6, 6.07) is -0.0519. The number of nitrogens with two attached hydrogens (primary N) is 1. The maximum atomic E-state index is 6.10. The molecular weight excluding hydrogens is 174 g/mol. The van der Waals surface area contributed by atoms with Crippen molar-refractivity contribution < 1.29 is 0 Å². The van der Waals surface area contributed by atoms with Gasteiger partial charge in [-0.25, -0.2) is 0 Å². The van der Waals surface area contributed by atoms with Gasteiger partial charge in [0.2, 0.25) is 0 Å². The Morgan fingerprint density at radius 3 is 2.86 bits per heavy atom. The van der Waals surface area contributed by atoms with Crippen molar-refractivity contribution in [2.24, 2.45) is 5.73 Å². The average Bonchev–Trinajstić information content (AvgIpc) is 2.30. The van der Waals surface area contributed by atoms with Gasteiger partial charge in [0.05, 0.1) is 17.9 Å². The summed E-state index contributed by atoms with van der Waals surface area (Å²) in [6.07, 6.45) is 12.2. The third kappa shape index (κ3) is 1.99. The van der Waals surface area contributed by atoms with E-state index in [1.807, 2.05) is 0 Å². The van der Waals surface area contributed by atoms with Gasteiger partial charge in [-0.05, 0) is 25.7 Å². The van der Waals surface area contributed by atoms with E-state index in [4.69, 9.17) is 5.73 Å². The van der Waals surface area contributed by atoms with Gasteiger partial charge < -0.3 is 5.73 Å². The fourth-order valence-corrected chi connectivity index (χ4v) is 1.81. The lowest BCUT2D eigenvalue weighted by atomic mass is 9.93. The van der Waals surface area contributed by atoms with Crippen molar-refractivity contribution in [3.63, 3.8) is 0 Å². The first kappa shape index (κ1) is 9.34. The fraction of sp³-hybridized carbons (Fsp3) is 0.455. The molecule has 0 aromatic carbocycles. The van der Waals surface area contributed by atoms with Gasteiger partial charge in [-0.2, -0.15) is 0 Å². The van der Waals surface area contributed by atoms with Gasteiger partial charge in [-0.1, -0.05) is 11.6 Å². The predicted molar refractivity (Wildman–Crippen MR) is 55.5 cm³/mol. The second kappa shape index (κ2) is 4.33. The second-order valence-electron chi connectivity index (χ2n) is 3.63. The van der Waals surface area contributed by atoms with E-state index in [2.05, 4.69) is 16.0 Å². The summed E-state index contributed by atoms with van der Waals surface area (Å²) in [4.78, 5) is 8.26. The summed E-state index contributed by atoms with van der Waals surface area (Å²) in [5.74, 6) is 0. The molecule has 0 radical (unpaired) electrons. The quantitative estimate of drug-likeness (QED) is 0.724. The van der Waals surface area contributed by atoms with E-state index >= 15 is 0 Å². The summed E-state index contributed by atoms with van der Waals surface area (Å²) in [5, 5.41) is 0. The van der Waals surface area contributed by atoms with Crippen molar-refractivity contribution in [1.82, 2.24) is 9.97 Å². The zero-order valence-corrected chi connectivity index (χ0v) is 8.19. The minimum atomic E-state index is -0.0519. The van der Waals surface area contributed by atoms with E-state index < -0.39 is 0 Å². The Kier molecular flexibility index (Phi) is 2.89. The van der Waals surface area contributed by atoms with Crippen molar-refractivity contribution >= 4 is 0 Å². The van der Waals surface area contributed by atoms with Crippen molar-refractivity contribution in [3.8, 4) is 0 Å². The highest BCUT2D eigenvalue weighted by atomic mass is 14.8. The topological polar surface area (TPSA) is 51.8 Å². The van der Waals surface area contributed by atoms with Crippen LogP contribution in [-0.2, 0) is 0 Å². The Balaban J connectivity index is 2.15. The minimum Gasteiger partial charge on any atom is -0.319 e. The highest BCUT2D eigenvalue weighted by Gasteiger charge is 2.14. The molecule has 2 N–H and O–H groups in total. The molecule has 0 amide bonds. The van der Waals surface area contributed by atoms with Crippen LogP contribution < -0.4 is 5.73 Å². The molecule has 1 heterocycles. The lowest BCUT2D eigenvalue weighted by Crippen LogP contribution is -2.16. The third-order valence-electron chi connectivity index (χ3n) is 2.63. The van der Waals surface area contributed by atoms with Crippen LogP contribution in [0.1, 0.15) is 37.4 Å². The average molecular weight is 189 g/mol. The monoisotopic (exact) mass is 189 g/mol. The normalized spacial score (nSPS) is 18.8. The van der Waals surface area contributed by atoms with Gasteiger partial charge >= 0.3 is 0 Å². The molecule has 0 spiro atoms. The molecule has 1 aromatic heterocycles. The van der Waals surface area contributed by atoms with Crippen molar-refractivity contribution in [2.75, 3.05) is 0 Å². The van der Waals surface area contributed by atoms with Crippen LogP contribution in [0, 0.1) is 0 Å². The van der Waals surface area contributed by atoms with E-state index in [0.717, 1.165) is 18.5 Å². The van der Waals surface area contributed by atoms with Gasteiger partial charge in [-0.15, -0.1) is 0 Å². The third-order valence-corrected chi connectivity index (χ3v) is 2.63. The van der Waals surface area contributed by atoms with Crippen molar-refractivity contribution in [3.05, 3.63) is 35.9 Å². The van der Waals surface area contributed by atoms with Crippen LogP contribution >= 0.6 is 0 Å². The first-order chi connectivity index (χ1) is 6.88. The number of hydrogen-bond acceptors (Lipinski definition) is 3. The Bertz CT molecular complexity index is 319. The molecule has 1 aromatic rings. The summed E-state index contributed by atoms with van der Waals surface area (Å²) < 4.78 is 0. The van der Waals surface area contributed by atoms with E-state index in [0.29, 0.717) is 0 Å². The van der Waals surface area contributed by atoms with Gasteiger partial charge in [0, 0.05) is 12.4 Å². The number of aromatic nitrogens is 2. The first-order valence-corrected chi connectivity index (χ1v) is 5.08. The summed E-state index contributed by atoms with van der Waals surface area (Å²) in [5.41, 5.74) is 8.29. The zero-order chi connectivity index (χ0) is 9.80. The summed E-state index contributed by atoms with van der Waals surface area (Å²) in [6.45, 7) is 0. The number of allylic oxidation sites excluding steroid dienone is 1. The van der Waals surface area contributed by atoms with Crippen molar-refractivity contribution in [1.29, 1.82) is 0 Å². The van der Waals surface area contributed by atoms with E-state index in [9.17, 15) is 0 Å². The largest absolute Gasteiger partial charge is 0.319 e. The molecule has 0 bridgehead atoms. The fourth-order valence-electron chi connectivity index (χ4n) is 1.81. The maximum absolute atomic E-state index is 6.10. The molecule has 3 heteroatoms. The number of nitrogens with zero attached hydrogens (tertiary/aromatic N) is 2. The smallest absolute Gasteiger partial charge is 0.0795 e. The van der Waals surface area contributed by atoms with Gasteiger partial charge in [-0.3, -0.25) is 9.97 Å². The Labute approximate surface area is 84.1 Å². The van der Waals surface area contributed by atoms with Gasteiger partial charge in [0.1, 0.15) is 0 Å². The number of hydrogen-bond donors (Lipinski definition) is 1. The zero-order valence-electron chi connectivity index (χ0n) is 8.19. The molecule has 0 aliphatic heterocycles. The van der Waals surface area contributed by atoms with Gasteiger partial charge in [0.25, 0.3) is 0 Å². The molecule has 1 aliphatic carbocycles. The highest BCUT2D eigenvalue weighted by molar-refractivity contribution is 5.20. The van der Waals surface area contributed by atoms with Gasteiger partial charge in [0.15, 0.2) is 0 Å². The Hall–Kier alpha value is -1.22. The molecule has 74 valence electrons. The minimum absolute atomic E-state index is 0.0519. The maximum Gasteiger partial charge on any atom is 0.0795 e. The van der Waals surface area contributed by atoms with Crippen LogP contribution in [0.2, 0.25) is 0 Å². The lowest BCUT2D eigenvalue weighted by molar-refractivity contribution is 0.640. The van der Waals surface area contributed by atoms with E-state index in [1.165, 1.54) is 18.4 Å². The highest BCUT2D eigenvalue weighted by Crippen LogP contribution is 2.26. The molecule has 0 saturated heterocycles. The molecule has 14 heavy (non-hydrogen) atoms. The van der Waals surface area contributed by atoms with Crippen LogP contribution in [0.4, 0.5) is 0 Å². The summed E-state index contributed by atoms with van der Waals surface area (Å²) in [7, 11) is 0. The molecule has 1 aliphatic rings. The number of rotatable bonds is 2. The predicted octanol–water partition coefficient (Wildman–Crippen LogP) is 1.98. The van der Waals surface area contributed by atoms with Crippen LogP contribution in [0.25, 0.3) is 0 Å². The first-order valence-electron chi connectivity index (χ1n) is 5.08. The van der Waals surface area contributed by atoms with Crippen LogP contribution in [0.3, 0.4) is 0 Å². The van der Waals surface area contributed by atoms with Crippen LogP contribution in [-0.4, -0.2) is 9.97 Å². The molecule has 1 unspecified atom stereocenters. The van der Waals surface area contributed by atoms with E-state index in [1.54, 1.807) is 18.6 Å². The van der Waals surface area contributed by atoms with Crippen LogP contribution in [0.15, 0.2) is 30.2 Å². The molecule has 3 nitrogen and oxygen atoms in total. The lowest BCUT2D eigenvalue weighted by Gasteiger charge is -2.18. The van der Waals surface area contributed by atoms with Crippen LogP contribution in [0.5, 0.6) is 0 Å².